The Morgan fingerprint density at radius 1 is 1.37 bits per heavy atom. The fraction of sp³-hybridized carbons (Fsp3) is 0.462. The van der Waals surface area contributed by atoms with E-state index in [9.17, 15) is 13.2 Å². The number of hydrogen-bond donors (Lipinski definition) is 1. The van der Waals surface area contributed by atoms with Gasteiger partial charge in [-0.2, -0.15) is 0 Å². The molecule has 0 heterocycles. The largest absolute Gasteiger partial charge is 0.478 e. The molecule has 0 unspecified atom stereocenters. The van der Waals surface area contributed by atoms with E-state index < -0.39 is 15.8 Å². The Labute approximate surface area is 118 Å². The molecule has 106 valence electrons. The summed E-state index contributed by atoms with van der Waals surface area (Å²) in [6.07, 6.45) is 1.34. The Morgan fingerprint density at radius 2 is 2.00 bits per heavy atom. The number of sulfone groups is 1. The summed E-state index contributed by atoms with van der Waals surface area (Å²) in [5, 5.41) is 8.94. The van der Waals surface area contributed by atoms with E-state index in [1.165, 1.54) is 12.1 Å². The average Bonchev–Trinajstić information content (AvgIpc) is 2.28. The van der Waals surface area contributed by atoms with Gasteiger partial charge in [-0.1, -0.05) is 25.4 Å². The van der Waals surface area contributed by atoms with Gasteiger partial charge in [0.1, 0.15) is 0 Å². The summed E-state index contributed by atoms with van der Waals surface area (Å²) in [7, 11) is -3.54. The van der Waals surface area contributed by atoms with Crippen LogP contribution in [0.1, 0.15) is 37.0 Å². The van der Waals surface area contributed by atoms with Gasteiger partial charge in [-0.25, -0.2) is 13.2 Å². The Balaban J connectivity index is 3.00. The van der Waals surface area contributed by atoms with Gasteiger partial charge in [0.15, 0.2) is 9.84 Å². The summed E-state index contributed by atoms with van der Waals surface area (Å²) in [6.45, 7) is 4.04. The number of hydrogen-bond acceptors (Lipinski definition) is 3. The van der Waals surface area contributed by atoms with Gasteiger partial charge >= 0.3 is 5.97 Å². The van der Waals surface area contributed by atoms with Gasteiger partial charge in [0.25, 0.3) is 0 Å². The molecule has 0 bridgehead atoms. The smallest absolute Gasteiger partial charge is 0.335 e. The Morgan fingerprint density at radius 3 is 2.53 bits per heavy atom. The summed E-state index contributed by atoms with van der Waals surface area (Å²) >= 11 is 5.85. The molecule has 0 radical (unpaired) electrons. The molecule has 19 heavy (non-hydrogen) atoms. The molecule has 1 aromatic rings. The van der Waals surface area contributed by atoms with Gasteiger partial charge < -0.3 is 5.11 Å². The van der Waals surface area contributed by atoms with Crippen molar-refractivity contribution in [3.05, 3.63) is 28.8 Å². The van der Waals surface area contributed by atoms with E-state index in [1.54, 1.807) is 0 Å². The number of aromatic carboxylic acids is 1. The lowest BCUT2D eigenvalue weighted by atomic mass is 10.1. The van der Waals surface area contributed by atoms with E-state index in [4.69, 9.17) is 16.7 Å². The second-order valence-electron chi connectivity index (χ2n) is 4.81. The van der Waals surface area contributed by atoms with Crippen LogP contribution in [0.3, 0.4) is 0 Å². The zero-order valence-electron chi connectivity index (χ0n) is 10.9. The zero-order chi connectivity index (χ0) is 14.6. The Hall–Kier alpha value is -1.07. The van der Waals surface area contributed by atoms with Gasteiger partial charge in [0, 0.05) is 0 Å². The minimum atomic E-state index is -3.54. The quantitative estimate of drug-likeness (QED) is 0.875. The van der Waals surface area contributed by atoms with Gasteiger partial charge in [-0.05, 0) is 37.0 Å². The van der Waals surface area contributed by atoms with Crippen LogP contribution in [0.25, 0.3) is 0 Å². The van der Waals surface area contributed by atoms with E-state index in [2.05, 4.69) is 0 Å². The number of carbonyl (C=O) groups is 1. The topological polar surface area (TPSA) is 71.4 Å². The van der Waals surface area contributed by atoms with Gasteiger partial charge in [0.05, 0.1) is 21.2 Å². The summed E-state index contributed by atoms with van der Waals surface area (Å²) in [5.74, 6) is -0.764. The summed E-state index contributed by atoms with van der Waals surface area (Å²) in [5.41, 5.74) is -0.0770. The third kappa shape index (κ3) is 4.51. The maximum Gasteiger partial charge on any atom is 0.335 e. The van der Waals surface area contributed by atoms with Gasteiger partial charge in [-0.3, -0.25) is 0 Å². The van der Waals surface area contributed by atoms with Crippen molar-refractivity contribution in [2.45, 2.75) is 31.6 Å². The zero-order valence-corrected chi connectivity index (χ0v) is 12.5. The highest BCUT2D eigenvalue weighted by Gasteiger charge is 2.20. The molecule has 4 nitrogen and oxygen atoms in total. The molecule has 0 saturated carbocycles. The molecular formula is C13H17ClO4S. The molecule has 0 aliphatic heterocycles. The summed E-state index contributed by atoms with van der Waals surface area (Å²) in [6, 6.07) is 3.72. The highest BCUT2D eigenvalue weighted by atomic mass is 35.5. The second-order valence-corrected chi connectivity index (χ2v) is 7.29. The molecule has 0 fully saturated rings. The first-order valence-electron chi connectivity index (χ1n) is 5.99. The lowest BCUT2D eigenvalue weighted by Gasteiger charge is -2.08. The minimum Gasteiger partial charge on any atom is -0.478 e. The first-order chi connectivity index (χ1) is 8.74. The highest BCUT2D eigenvalue weighted by Crippen LogP contribution is 2.25. The lowest BCUT2D eigenvalue weighted by molar-refractivity contribution is 0.0696. The first-order valence-corrected chi connectivity index (χ1v) is 8.02. The van der Waals surface area contributed by atoms with Crippen molar-refractivity contribution in [3.63, 3.8) is 0 Å². The van der Waals surface area contributed by atoms with Crippen LogP contribution in [0.4, 0.5) is 0 Å². The van der Waals surface area contributed by atoms with Crippen LogP contribution in [0, 0.1) is 5.92 Å². The predicted molar refractivity (Wildman–Crippen MR) is 74.5 cm³/mol. The molecule has 0 aliphatic rings. The van der Waals surface area contributed by atoms with Crippen molar-refractivity contribution >= 4 is 27.4 Å². The SMILES string of the molecule is CC(C)CCCS(=O)(=O)c1cc(C(=O)O)ccc1Cl. The third-order valence-electron chi connectivity index (χ3n) is 2.71. The third-order valence-corrected chi connectivity index (χ3v) is 4.98. The van der Waals surface area contributed by atoms with Crippen molar-refractivity contribution in [2.24, 2.45) is 5.92 Å². The molecular weight excluding hydrogens is 288 g/mol. The van der Waals surface area contributed by atoms with E-state index in [0.717, 1.165) is 12.5 Å². The second kappa shape index (κ2) is 6.39. The molecule has 0 aromatic heterocycles. The van der Waals surface area contributed by atoms with Crippen molar-refractivity contribution in [1.82, 2.24) is 0 Å². The molecule has 0 aliphatic carbocycles. The Kier molecular flexibility index (Phi) is 5.38. The normalized spacial score (nSPS) is 11.8. The van der Waals surface area contributed by atoms with Crippen LogP contribution in [0.5, 0.6) is 0 Å². The monoisotopic (exact) mass is 304 g/mol. The summed E-state index contributed by atoms with van der Waals surface area (Å²) < 4.78 is 24.3. The van der Waals surface area contributed by atoms with Crippen LogP contribution < -0.4 is 0 Å². The van der Waals surface area contributed by atoms with Crippen molar-refractivity contribution in [2.75, 3.05) is 5.75 Å². The first kappa shape index (κ1) is 16.0. The molecule has 0 saturated heterocycles. The van der Waals surface area contributed by atoms with E-state index in [1.807, 2.05) is 13.8 Å². The number of carboxylic acids is 1. The van der Waals surface area contributed by atoms with E-state index in [-0.39, 0.29) is 21.2 Å². The molecule has 0 spiro atoms. The van der Waals surface area contributed by atoms with Crippen LogP contribution in [-0.4, -0.2) is 25.2 Å². The maximum absolute atomic E-state index is 12.1. The molecule has 0 atom stereocenters. The van der Waals surface area contributed by atoms with Crippen LogP contribution in [0.2, 0.25) is 5.02 Å². The average molecular weight is 305 g/mol. The standard InChI is InChI=1S/C13H17ClO4S/c1-9(2)4-3-7-19(17,18)12-8-10(13(15)16)5-6-11(12)14/h5-6,8-9H,3-4,7H2,1-2H3,(H,15,16). The Bertz CT molecular complexity index is 564. The molecule has 6 heteroatoms. The molecule has 1 N–H and O–H groups in total. The number of rotatable bonds is 6. The fourth-order valence-electron chi connectivity index (χ4n) is 1.67. The lowest BCUT2D eigenvalue weighted by Crippen LogP contribution is -2.10. The summed E-state index contributed by atoms with van der Waals surface area (Å²) in [4.78, 5) is 10.8. The maximum atomic E-state index is 12.1. The van der Waals surface area contributed by atoms with Crippen LogP contribution in [0.15, 0.2) is 23.1 Å². The van der Waals surface area contributed by atoms with Gasteiger partial charge in [0.2, 0.25) is 0 Å². The molecule has 0 amide bonds. The molecule has 1 rings (SSSR count). The van der Waals surface area contributed by atoms with Gasteiger partial charge in [-0.15, -0.1) is 0 Å². The number of halogens is 1. The van der Waals surface area contributed by atoms with Crippen molar-refractivity contribution in [3.8, 4) is 0 Å². The predicted octanol–water partition coefficient (Wildman–Crippen LogP) is 3.25. The van der Waals surface area contributed by atoms with Crippen molar-refractivity contribution in [1.29, 1.82) is 0 Å². The minimum absolute atomic E-state index is 0.0199. The number of carboxylic acid groups (broad SMARTS) is 1. The number of benzene rings is 1. The van der Waals surface area contributed by atoms with Crippen LogP contribution >= 0.6 is 11.6 Å². The van der Waals surface area contributed by atoms with E-state index >= 15 is 0 Å². The van der Waals surface area contributed by atoms with E-state index in [0.29, 0.717) is 12.3 Å². The highest BCUT2D eigenvalue weighted by molar-refractivity contribution is 7.91. The van der Waals surface area contributed by atoms with Crippen molar-refractivity contribution < 1.29 is 18.3 Å². The van der Waals surface area contributed by atoms with Crippen LogP contribution in [-0.2, 0) is 9.84 Å². The fourth-order valence-corrected chi connectivity index (χ4v) is 3.57. The molecule has 1 aromatic carbocycles.